The minimum Gasteiger partial charge on any atom is -0.508 e. The number of aromatic hydroxyl groups is 1. The summed E-state index contributed by atoms with van der Waals surface area (Å²) in [6.07, 6.45) is -0.689. The molecule has 1 aromatic rings. The Morgan fingerprint density at radius 1 is 0.826 bits per heavy atom. The molecule has 69 heavy (non-hydrogen) atoms. The molecule has 2 fully saturated rings. The summed E-state index contributed by atoms with van der Waals surface area (Å²) in [6.45, 7) is 6.64. The van der Waals surface area contributed by atoms with Gasteiger partial charge in [-0.05, 0) is 61.6 Å². The van der Waals surface area contributed by atoms with E-state index in [9.17, 15) is 57.8 Å². The molecule has 0 spiro atoms. The standard InChI is InChI=1S/C44H67N11O12S2/c1-5-23(4)37-43(66)50-26(12-13-32(45)57)39(62)51-29(19-33(46)58)40(63)53-30(21-69-36(68)15-14-35(60)49-28(41(64)54-37)18-24-8-10-25(56)11-9-24)44(67)55-16-6-7-31(55)42(65)52-27(17-22(2)3)38(61)48-20-34(47)59/h8-11,22-23,26-31,36-37,56,68H,5-7,12-21H2,1-4H3,(H2,45,57)(H2,46,58)(H2,47,59)(H,48,61)(H,49,60)(H,50,66)(H,51,62)(H,52,65)(H,53,63)(H,54,64)/t23-,26?,27-,28-,29-,30-,31-,36?,37-/m0/s1. The second-order valence-electron chi connectivity index (χ2n) is 17.6. The van der Waals surface area contributed by atoms with E-state index in [1.807, 2.05) is 13.8 Å². The maximum Gasteiger partial charge on any atom is 0.246 e. The lowest BCUT2D eigenvalue weighted by Gasteiger charge is -2.31. The Bertz CT molecular complexity index is 2050. The minimum absolute atomic E-state index is 0.0321. The number of amides is 11. The van der Waals surface area contributed by atoms with E-state index in [-0.39, 0.29) is 62.5 Å². The molecule has 0 aromatic heterocycles. The van der Waals surface area contributed by atoms with E-state index in [1.54, 1.807) is 26.0 Å². The van der Waals surface area contributed by atoms with Crippen molar-refractivity contribution in [2.24, 2.45) is 29.0 Å². The van der Waals surface area contributed by atoms with Crippen LogP contribution in [0.2, 0.25) is 0 Å². The third kappa shape index (κ3) is 19.1. The largest absolute Gasteiger partial charge is 0.508 e. The van der Waals surface area contributed by atoms with Gasteiger partial charge in [-0.1, -0.05) is 46.2 Å². The van der Waals surface area contributed by atoms with Crippen LogP contribution >= 0.6 is 24.4 Å². The molecule has 2 heterocycles. The highest BCUT2D eigenvalue weighted by molar-refractivity contribution is 8.10. The van der Waals surface area contributed by atoms with Gasteiger partial charge in [-0.3, -0.25) is 52.7 Å². The van der Waals surface area contributed by atoms with Gasteiger partial charge in [-0.2, -0.15) is 12.6 Å². The number of carbonyl (C=O) groups is 11. The Hall–Kier alpha value is -6.11. The molecular weight excluding hydrogens is 939 g/mol. The van der Waals surface area contributed by atoms with Crippen LogP contribution < -0.4 is 54.4 Å². The number of thioether (sulfide) groups is 1. The molecule has 0 saturated carbocycles. The molecule has 9 atom stereocenters. The highest BCUT2D eigenvalue weighted by Crippen LogP contribution is 2.25. The second kappa shape index (κ2) is 27.8. The average Bonchev–Trinajstić information content (AvgIpc) is 3.78. The third-order valence-corrected chi connectivity index (χ3v) is 13.3. The first-order valence-electron chi connectivity index (χ1n) is 22.8. The Morgan fingerprint density at radius 2 is 1.46 bits per heavy atom. The maximum absolute atomic E-state index is 14.5. The zero-order valence-electron chi connectivity index (χ0n) is 39.2. The topological polar surface area (TPSA) is 374 Å². The summed E-state index contributed by atoms with van der Waals surface area (Å²) in [5.74, 6) is -9.95. The quantitative estimate of drug-likeness (QED) is 0.0717. The lowest BCUT2D eigenvalue weighted by Crippen LogP contribution is -2.61. The number of primary amides is 3. The van der Waals surface area contributed by atoms with Gasteiger partial charge >= 0.3 is 0 Å². The third-order valence-electron chi connectivity index (χ3n) is 11.5. The van der Waals surface area contributed by atoms with E-state index < -0.39 is 137 Å². The van der Waals surface area contributed by atoms with Gasteiger partial charge < -0.3 is 64.4 Å². The fourth-order valence-corrected chi connectivity index (χ4v) is 8.87. The molecule has 23 nitrogen and oxygen atoms in total. The lowest BCUT2D eigenvalue weighted by atomic mass is 9.96. The number of benzene rings is 1. The van der Waals surface area contributed by atoms with Gasteiger partial charge in [0.15, 0.2) is 0 Å². The summed E-state index contributed by atoms with van der Waals surface area (Å²) >= 11 is 5.69. The number of nitrogens with zero attached hydrogens (tertiary/aromatic N) is 1. The Balaban J connectivity index is 2.05. The summed E-state index contributed by atoms with van der Waals surface area (Å²) in [7, 11) is 0. The van der Waals surface area contributed by atoms with Crippen LogP contribution in [0.3, 0.4) is 0 Å². The Kier molecular flexibility index (Phi) is 23.0. The summed E-state index contributed by atoms with van der Waals surface area (Å²) < 4.78 is -0.670. The fraction of sp³-hybridized carbons (Fsp3) is 0.614. The van der Waals surface area contributed by atoms with Crippen molar-refractivity contribution < 1.29 is 57.8 Å². The van der Waals surface area contributed by atoms with E-state index in [4.69, 9.17) is 17.2 Å². The second-order valence-corrected chi connectivity index (χ2v) is 19.8. The van der Waals surface area contributed by atoms with Crippen LogP contribution in [0.15, 0.2) is 24.3 Å². The monoisotopic (exact) mass is 1010 g/mol. The highest BCUT2D eigenvalue weighted by atomic mass is 32.2. The molecule has 1 aromatic carbocycles. The fourth-order valence-electron chi connectivity index (χ4n) is 7.56. The Labute approximate surface area is 410 Å². The molecular formula is C44H67N11O12S2. The van der Waals surface area contributed by atoms with E-state index in [0.717, 1.165) is 11.8 Å². The van der Waals surface area contributed by atoms with E-state index in [0.29, 0.717) is 18.4 Å². The van der Waals surface area contributed by atoms with Gasteiger partial charge in [0.2, 0.25) is 65.0 Å². The number of nitrogens with one attached hydrogen (secondary N) is 7. The first-order valence-corrected chi connectivity index (χ1v) is 24.4. The molecule has 11 amide bonds. The summed E-state index contributed by atoms with van der Waals surface area (Å²) in [4.78, 5) is 148. The molecule has 25 heteroatoms. The van der Waals surface area contributed by atoms with Crippen molar-refractivity contribution in [1.82, 2.24) is 42.1 Å². The van der Waals surface area contributed by atoms with Crippen molar-refractivity contribution in [3.8, 4) is 5.75 Å². The smallest absolute Gasteiger partial charge is 0.246 e. The van der Waals surface area contributed by atoms with Gasteiger partial charge in [-0.25, -0.2) is 0 Å². The number of phenols is 1. The number of rotatable bonds is 17. The number of hydrogen-bond donors (Lipinski definition) is 12. The zero-order valence-corrected chi connectivity index (χ0v) is 41.0. The van der Waals surface area contributed by atoms with Crippen molar-refractivity contribution in [3.05, 3.63) is 29.8 Å². The van der Waals surface area contributed by atoms with Gasteiger partial charge in [-0.15, -0.1) is 11.8 Å². The molecule has 382 valence electrons. The van der Waals surface area contributed by atoms with Crippen LogP contribution in [0, 0.1) is 11.8 Å². The molecule has 0 radical (unpaired) electrons. The van der Waals surface area contributed by atoms with E-state index in [1.165, 1.54) is 17.0 Å². The molecule has 3 rings (SSSR count). The summed E-state index contributed by atoms with van der Waals surface area (Å²) in [5.41, 5.74) is 16.7. The van der Waals surface area contributed by atoms with Gasteiger partial charge in [0, 0.05) is 36.1 Å². The average molecular weight is 1010 g/mol. The molecule has 2 saturated heterocycles. The van der Waals surface area contributed by atoms with Crippen molar-refractivity contribution >= 4 is 89.4 Å². The number of phenolic OH excluding ortho intramolecular Hbond substituents is 1. The van der Waals surface area contributed by atoms with Crippen LogP contribution in [0.1, 0.15) is 91.0 Å². The van der Waals surface area contributed by atoms with Gasteiger partial charge in [0.05, 0.1) is 13.0 Å². The number of nitrogens with two attached hydrogens (primary N) is 3. The molecule has 2 unspecified atom stereocenters. The molecule has 2 aliphatic heterocycles. The van der Waals surface area contributed by atoms with Crippen molar-refractivity contribution in [2.45, 2.75) is 139 Å². The molecule has 2 aliphatic rings. The van der Waals surface area contributed by atoms with Crippen LogP contribution in [-0.4, -0.2) is 141 Å². The Morgan fingerprint density at radius 3 is 2.07 bits per heavy atom. The predicted molar refractivity (Wildman–Crippen MR) is 256 cm³/mol. The normalized spacial score (nSPS) is 24.3. The summed E-state index contributed by atoms with van der Waals surface area (Å²) in [5, 5.41) is 27.9. The van der Waals surface area contributed by atoms with Crippen molar-refractivity contribution in [3.63, 3.8) is 0 Å². The number of thiol groups is 1. The number of likely N-dealkylation sites (tertiary alicyclic amines) is 1. The zero-order chi connectivity index (χ0) is 51.5. The predicted octanol–water partition coefficient (Wildman–Crippen LogP) is -2.55. The highest BCUT2D eigenvalue weighted by Gasteiger charge is 2.41. The number of hydrogen-bond acceptors (Lipinski definition) is 14. The van der Waals surface area contributed by atoms with Crippen molar-refractivity contribution in [2.75, 3.05) is 18.8 Å². The minimum atomic E-state index is -1.75. The van der Waals surface area contributed by atoms with Crippen LogP contribution in [0.5, 0.6) is 5.75 Å². The number of carbonyl (C=O) groups excluding carboxylic acids is 11. The summed E-state index contributed by atoms with van der Waals surface area (Å²) in [6, 6.07) is -3.60. The van der Waals surface area contributed by atoms with Crippen LogP contribution in [0.4, 0.5) is 0 Å². The van der Waals surface area contributed by atoms with Crippen molar-refractivity contribution in [1.29, 1.82) is 0 Å². The SMILES string of the molecule is CC[C@H](C)[C@@H]1NC(=O)[C@H](Cc2ccc(O)cc2)NC(=O)CCC(S)SC[C@@H](C(=O)N2CCC[C@H]2C(=O)N[C@@H](CC(C)C)C(=O)NCC(N)=O)NC(=O)[C@H](CC(N)=O)NC(=O)C(CCC(N)=O)NC1=O. The van der Waals surface area contributed by atoms with E-state index in [2.05, 4.69) is 49.8 Å². The first kappa shape index (κ1) is 57.2. The van der Waals surface area contributed by atoms with Gasteiger partial charge in [0.1, 0.15) is 48.0 Å². The molecule has 0 bridgehead atoms. The maximum atomic E-state index is 14.5. The first-order chi connectivity index (χ1) is 32.5. The van der Waals surface area contributed by atoms with Gasteiger partial charge in [0.25, 0.3) is 0 Å². The van der Waals surface area contributed by atoms with Crippen LogP contribution in [0.25, 0.3) is 0 Å². The lowest BCUT2D eigenvalue weighted by molar-refractivity contribution is -0.142. The molecule has 14 N–H and O–H groups in total. The molecule has 0 aliphatic carbocycles. The van der Waals surface area contributed by atoms with E-state index >= 15 is 0 Å². The van der Waals surface area contributed by atoms with Crippen LogP contribution in [-0.2, 0) is 59.2 Å².